The van der Waals surface area contributed by atoms with Crippen molar-refractivity contribution in [2.45, 2.75) is 0 Å². The second-order valence-corrected chi connectivity index (χ2v) is 3.12. The van der Waals surface area contributed by atoms with Crippen molar-refractivity contribution >= 4 is 22.9 Å². The van der Waals surface area contributed by atoms with Gasteiger partial charge in [-0.2, -0.15) is 0 Å². The smallest absolute Gasteiger partial charge is 0.144 e. The van der Waals surface area contributed by atoms with Crippen molar-refractivity contribution in [2.24, 2.45) is 0 Å². The minimum Gasteiger partial charge on any atom is -0.497 e. The monoisotopic (exact) mass is 226 g/mol. The third-order valence-electron chi connectivity index (χ3n) is 1.88. The molecule has 1 aromatic rings. The number of carbonyl (C=O) groups is 1. The van der Waals surface area contributed by atoms with Crippen LogP contribution in [0.25, 0.3) is 5.03 Å². The van der Waals surface area contributed by atoms with Crippen LogP contribution in [0.2, 0.25) is 0 Å². The molecule has 15 heavy (non-hydrogen) atoms. The Morgan fingerprint density at radius 1 is 1.33 bits per heavy atom. The molecule has 0 saturated heterocycles. The fourth-order valence-electron chi connectivity index (χ4n) is 1.15. The molecule has 1 aromatic carbocycles. The summed E-state index contributed by atoms with van der Waals surface area (Å²) >= 11 is 5.91. The second kappa shape index (κ2) is 5.41. The Kier molecular flexibility index (Phi) is 4.18. The molecule has 0 heterocycles. The quantitative estimate of drug-likeness (QED) is 0.585. The Balaban J connectivity index is 3.22. The van der Waals surface area contributed by atoms with E-state index in [1.54, 1.807) is 25.3 Å². The maximum atomic E-state index is 10.3. The van der Waals surface area contributed by atoms with Crippen molar-refractivity contribution in [3.05, 3.63) is 29.8 Å². The van der Waals surface area contributed by atoms with Crippen LogP contribution < -0.4 is 9.47 Å². The molecule has 0 aromatic heterocycles. The first kappa shape index (κ1) is 11.6. The maximum absolute atomic E-state index is 10.3. The van der Waals surface area contributed by atoms with E-state index in [0.717, 1.165) is 0 Å². The summed E-state index contributed by atoms with van der Waals surface area (Å²) in [5.41, 5.74) is 0.630. The first-order chi connectivity index (χ1) is 7.22. The van der Waals surface area contributed by atoms with Gasteiger partial charge in [0.25, 0.3) is 0 Å². The third-order valence-corrected chi connectivity index (χ3v) is 2.21. The highest BCUT2D eigenvalue weighted by atomic mass is 35.5. The number of allylic oxidation sites excluding steroid dienone is 1. The Labute approximate surface area is 93.3 Å². The summed E-state index contributed by atoms with van der Waals surface area (Å²) in [6.07, 6.45) is 1.89. The van der Waals surface area contributed by atoms with Gasteiger partial charge < -0.3 is 9.47 Å². The molecule has 3 nitrogen and oxygen atoms in total. The lowest BCUT2D eigenvalue weighted by molar-refractivity contribution is -0.104. The zero-order valence-corrected chi connectivity index (χ0v) is 9.25. The van der Waals surface area contributed by atoms with Gasteiger partial charge in [-0.25, -0.2) is 0 Å². The largest absolute Gasteiger partial charge is 0.497 e. The van der Waals surface area contributed by atoms with E-state index in [1.807, 2.05) is 0 Å². The van der Waals surface area contributed by atoms with E-state index in [0.29, 0.717) is 28.4 Å². The van der Waals surface area contributed by atoms with Crippen LogP contribution in [-0.2, 0) is 4.79 Å². The van der Waals surface area contributed by atoms with Crippen molar-refractivity contribution in [3.63, 3.8) is 0 Å². The average Bonchev–Trinajstić information content (AvgIpc) is 2.28. The average molecular weight is 227 g/mol. The first-order valence-electron chi connectivity index (χ1n) is 4.26. The van der Waals surface area contributed by atoms with Gasteiger partial charge in [0.05, 0.1) is 19.3 Å². The molecule has 0 bridgehead atoms. The second-order valence-electron chi connectivity index (χ2n) is 2.72. The summed E-state index contributed by atoms with van der Waals surface area (Å²) in [5, 5.41) is 0.320. The molecule has 0 unspecified atom stereocenters. The first-order valence-corrected chi connectivity index (χ1v) is 4.64. The lowest BCUT2D eigenvalue weighted by atomic mass is 10.1. The van der Waals surface area contributed by atoms with E-state index in [2.05, 4.69) is 0 Å². The number of methoxy groups -OCH3 is 2. The van der Waals surface area contributed by atoms with Gasteiger partial charge in [-0.1, -0.05) is 11.6 Å². The molecule has 0 saturated carbocycles. The standard InChI is InChI=1S/C11H11ClO3/c1-14-8-3-4-11(15-2)9(7-8)10(12)5-6-13/h3-7H,1-2H3/b10-5-. The minimum atomic E-state index is 0.320. The molecule has 0 aliphatic rings. The number of benzene rings is 1. The highest BCUT2D eigenvalue weighted by molar-refractivity contribution is 6.50. The van der Waals surface area contributed by atoms with E-state index in [4.69, 9.17) is 21.1 Å². The van der Waals surface area contributed by atoms with Gasteiger partial charge in [0.2, 0.25) is 0 Å². The molecule has 0 atom stereocenters. The number of hydrogen-bond donors (Lipinski definition) is 0. The molecule has 0 spiro atoms. The predicted molar refractivity (Wildman–Crippen MR) is 59.4 cm³/mol. The maximum Gasteiger partial charge on any atom is 0.144 e. The molecular formula is C11H11ClO3. The van der Waals surface area contributed by atoms with Crippen LogP contribution in [0.4, 0.5) is 0 Å². The van der Waals surface area contributed by atoms with Gasteiger partial charge in [-0.15, -0.1) is 0 Å². The van der Waals surface area contributed by atoms with Gasteiger partial charge in [0.1, 0.15) is 17.8 Å². The van der Waals surface area contributed by atoms with E-state index < -0.39 is 0 Å². The lowest BCUT2D eigenvalue weighted by Gasteiger charge is -2.08. The van der Waals surface area contributed by atoms with Gasteiger partial charge in [0.15, 0.2) is 0 Å². The summed E-state index contributed by atoms with van der Waals surface area (Å²) < 4.78 is 10.2. The van der Waals surface area contributed by atoms with Crippen LogP contribution in [0.5, 0.6) is 11.5 Å². The topological polar surface area (TPSA) is 35.5 Å². The molecule has 0 radical (unpaired) electrons. The van der Waals surface area contributed by atoms with Crippen molar-refractivity contribution in [2.75, 3.05) is 14.2 Å². The summed E-state index contributed by atoms with van der Waals surface area (Å²) in [7, 11) is 3.10. The number of rotatable bonds is 4. The van der Waals surface area contributed by atoms with Crippen LogP contribution >= 0.6 is 11.6 Å². The van der Waals surface area contributed by atoms with Crippen molar-refractivity contribution in [3.8, 4) is 11.5 Å². The molecule has 0 aliphatic heterocycles. The van der Waals surface area contributed by atoms with Crippen LogP contribution in [0.3, 0.4) is 0 Å². The molecule has 0 aliphatic carbocycles. The van der Waals surface area contributed by atoms with Crippen LogP contribution in [0.15, 0.2) is 24.3 Å². The lowest BCUT2D eigenvalue weighted by Crippen LogP contribution is -1.91. The predicted octanol–water partition coefficient (Wildman–Crippen LogP) is 2.48. The molecule has 0 N–H and O–H groups in total. The number of carbonyl (C=O) groups excluding carboxylic acids is 1. The Bertz CT molecular complexity index is 385. The van der Waals surface area contributed by atoms with Gasteiger partial charge in [-0.3, -0.25) is 4.79 Å². The zero-order chi connectivity index (χ0) is 11.3. The van der Waals surface area contributed by atoms with Crippen molar-refractivity contribution in [1.82, 2.24) is 0 Å². The van der Waals surface area contributed by atoms with Gasteiger partial charge in [-0.05, 0) is 24.3 Å². The highest BCUT2D eigenvalue weighted by Gasteiger charge is 2.07. The molecule has 0 fully saturated rings. The summed E-state index contributed by atoms with van der Waals surface area (Å²) in [4.78, 5) is 10.3. The molecule has 1 rings (SSSR count). The fourth-order valence-corrected chi connectivity index (χ4v) is 1.35. The Hall–Kier alpha value is -1.48. The van der Waals surface area contributed by atoms with Gasteiger partial charge >= 0.3 is 0 Å². The Morgan fingerprint density at radius 2 is 2.07 bits per heavy atom. The molecular weight excluding hydrogens is 216 g/mol. The Morgan fingerprint density at radius 3 is 2.60 bits per heavy atom. The van der Waals surface area contributed by atoms with E-state index in [9.17, 15) is 4.79 Å². The van der Waals surface area contributed by atoms with E-state index in [1.165, 1.54) is 13.2 Å². The SMILES string of the molecule is COc1ccc(OC)c(/C(Cl)=C/C=O)c1. The highest BCUT2D eigenvalue weighted by Crippen LogP contribution is 2.31. The normalized spacial score (nSPS) is 11.0. The molecule has 4 heteroatoms. The summed E-state index contributed by atoms with van der Waals surface area (Å²) in [6, 6.07) is 5.20. The van der Waals surface area contributed by atoms with Crippen LogP contribution in [-0.4, -0.2) is 20.5 Å². The van der Waals surface area contributed by atoms with E-state index >= 15 is 0 Å². The number of aldehydes is 1. The minimum absolute atomic E-state index is 0.320. The number of hydrogen-bond acceptors (Lipinski definition) is 3. The number of ether oxygens (including phenoxy) is 2. The number of halogens is 1. The van der Waals surface area contributed by atoms with Crippen LogP contribution in [0, 0.1) is 0 Å². The fraction of sp³-hybridized carbons (Fsp3) is 0.182. The van der Waals surface area contributed by atoms with E-state index in [-0.39, 0.29) is 0 Å². The molecule has 80 valence electrons. The summed E-state index contributed by atoms with van der Waals surface area (Å²) in [5.74, 6) is 1.25. The van der Waals surface area contributed by atoms with Crippen molar-refractivity contribution in [1.29, 1.82) is 0 Å². The van der Waals surface area contributed by atoms with Crippen LogP contribution in [0.1, 0.15) is 5.56 Å². The van der Waals surface area contributed by atoms with Gasteiger partial charge in [0, 0.05) is 5.56 Å². The third kappa shape index (κ3) is 2.73. The summed E-state index contributed by atoms with van der Waals surface area (Å²) in [6.45, 7) is 0. The molecule has 0 amide bonds. The zero-order valence-electron chi connectivity index (χ0n) is 8.49. The van der Waals surface area contributed by atoms with Crippen molar-refractivity contribution < 1.29 is 14.3 Å².